The molecule has 82 valence electrons. The largest absolute Gasteiger partial charge is 0.486 e. The van der Waals surface area contributed by atoms with E-state index in [0.29, 0.717) is 12.5 Å². The normalized spacial score (nSPS) is 18.9. The molecule has 2 rings (SSSR count). The number of rotatable bonds is 4. The molecule has 0 aromatic heterocycles. The summed E-state index contributed by atoms with van der Waals surface area (Å²) in [5.74, 6) is 2.26. The number of nitrogens with one attached hydrogen (secondary N) is 1. The van der Waals surface area contributed by atoms with Crippen LogP contribution in [0.2, 0.25) is 0 Å². The highest BCUT2D eigenvalue weighted by Gasteiger charge is 2.19. The molecule has 0 unspecified atom stereocenters. The van der Waals surface area contributed by atoms with Crippen LogP contribution in [0.3, 0.4) is 0 Å². The summed E-state index contributed by atoms with van der Waals surface area (Å²) in [5.41, 5.74) is 0. The van der Waals surface area contributed by atoms with Crippen LogP contribution in [-0.4, -0.2) is 31.7 Å². The van der Waals surface area contributed by atoms with Crippen molar-refractivity contribution in [3.05, 3.63) is 24.3 Å². The molecule has 0 bridgehead atoms. The molecular weight excluding hydrogens is 214 g/mol. The van der Waals surface area contributed by atoms with Gasteiger partial charge in [0.25, 0.3) is 0 Å². The number of ether oxygens (including phenoxy) is 2. The van der Waals surface area contributed by atoms with Crippen molar-refractivity contribution in [2.75, 3.05) is 25.6 Å². The first kappa shape index (κ1) is 10.6. The molecule has 0 fully saturated rings. The zero-order valence-corrected chi connectivity index (χ0v) is 9.17. The lowest BCUT2D eigenvalue weighted by molar-refractivity contribution is 0.0909. The van der Waals surface area contributed by atoms with Gasteiger partial charge in [0.2, 0.25) is 0 Å². The van der Waals surface area contributed by atoms with Gasteiger partial charge in [-0.3, -0.25) is 0 Å². The molecule has 1 atom stereocenters. The van der Waals surface area contributed by atoms with E-state index in [2.05, 4.69) is 5.32 Å². The van der Waals surface area contributed by atoms with Gasteiger partial charge in [-0.05, 0) is 12.1 Å². The molecule has 1 aliphatic rings. The first-order chi connectivity index (χ1) is 7.40. The minimum atomic E-state index is 0.0723. The van der Waals surface area contributed by atoms with Crippen molar-refractivity contribution in [1.82, 2.24) is 5.32 Å². The molecule has 1 aliphatic heterocycles. The lowest BCUT2D eigenvalue weighted by atomic mass is 10.2. The summed E-state index contributed by atoms with van der Waals surface area (Å²) in [7, 11) is 0. The lowest BCUT2D eigenvalue weighted by Crippen LogP contribution is -2.39. The second-order valence-electron chi connectivity index (χ2n) is 3.39. The summed E-state index contributed by atoms with van der Waals surface area (Å²) >= 11 is 5.57. The SMILES string of the molecule is ClCCNC[C@@H]1COc2ccccc2O1. The quantitative estimate of drug-likeness (QED) is 0.627. The predicted molar refractivity (Wildman–Crippen MR) is 59.9 cm³/mol. The number of fused-ring (bicyclic) bond motifs is 1. The molecular formula is C11H14ClNO2. The van der Waals surface area contributed by atoms with Crippen LogP contribution < -0.4 is 14.8 Å². The van der Waals surface area contributed by atoms with Gasteiger partial charge in [0.1, 0.15) is 12.7 Å². The Bertz CT molecular complexity index is 319. The Morgan fingerprint density at radius 1 is 1.33 bits per heavy atom. The van der Waals surface area contributed by atoms with Crippen LogP contribution in [0.5, 0.6) is 11.5 Å². The van der Waals surface area contributed by atoms with E-state index in [1.165, 1.54) is 0 Å². The summed E-state index contributed by atoms with van der Waals surface area (Å²) in [5, 5.41) is 3.20. The van der Waals surface area contributed by atoms with Crippen LogP contribution in [0.25, 0.3) is 0 Å². The van der Waals surface area contributed by atoms with Gasteiger partial charge in [-0.2, -0.15) is 0 Å². The van der Waals surface area contributed by atoms with Crippen LogP contribution in [0.4, 0.5) is 0 Å². The summed E-state index contributed by atoms with van der Waals surface area (Å²) in [6.45, 7) is 2.15. The van der Waals surface area contributed by atoms with Crippen LogP contribution in [-0.2, 0) is 0 Å². The summed E-state index contributed by atoms with van der Waals surface area (Å²) in [6, 6.07) is 7.71. The fraction of sp³-hybridized carbons (Fsp3) is 0.455. The van der Waals surface area contributed by atoms with Gasteiger partial charge in [0, 0.05) is 19.0 Å². The molecule has 0 saturated carbocycles. The molecule has 15 heavy (non-hydrogen) atoms. The Morgan fingerprint density at radius 3 is 2.93 bits per heavy atom. The summed E-state index contributed by atoms with van der Waals surface area (Å²) in [6.07, 6.45) is 0.0723. The van der Waals surface area contributed by atoms with Crippen molar-refractivity contribution >= 4 is 11.6 Å². The fourth-order valence-electron chi connectivity index (χ4n) is 1.49. The van der Waals surface area contributed by atoms with E-state index in [1.54, 1.807) is 0 Å². The highest BCUT2D eigenvalue weighted by Crippen LogP contribution is 2.30. The molecule has 4 heteroatoms. The maximum Gasteiger partial charge on any atom is 0.161 e. The molecule has 0 radical (unpaired) electrons. The Morgan fingerprint density at radius 2 is 2.13 bits per heavy atom. The van der Waals surface area contributed by atoms with Crippen LogP contribution >= 0.6 is 11.6 Å². The van der Waals surface area contributed by atoms with E-state index in [4.69, 9.17) is 21.1 Å². The topological polar surface area (TPSA) is 30.5 Å². The lowest BCUT2D eigenvalue weighted by Gasteiger charge is -2.26. The number of para-hydroxylation sites is 2. The Hall–Kier alpha value is -0.930. The number of hydrogen-bond acceptors (Lipinski definition) is 3. The predicted octanol–water partition coefficient (Wildman–Crippen LogP) is 1.65. The number of halogens is 1. The molecule has 1 N–H and O–H groups in total. The Kier molecular flexibility index (Phi) is 3.69. The Balaban J connectivity index is 1.88. The summed E-state index contributed by atoms with van der Waals surface area (Å²) in [4.78, 5) is 0. The average molecular weight is 228 g/mol. The molecule has 1 aromatic carbocycles. The molecule has 0 amide bonds. The van der Waals surface area contributed by atoms with Crippen molar-refractivity contribution < 1.29 is 9.47 Å². The van der Waals surface area contributed by atoms with Gasteiger partial charge < -0.3 is 14.8 Å². The smallest absolute Gasteiger partial charge is 0.161 e. The van der Waals surface area contributed by atoms with E-state index in [-0.39, 0.29) is 6.10 Å². The standard InChI is InChI=1S/C11H14ClNO2/c12-5-6-13-7-9-8-14-10-3-1-2-4-11(10)15-9/h1-4,9,13H,5-8H2/t9-/m1/s1. The van der Waals surface area contributed by atoms with E-state index in [1.807, 2.05) is 24.3 Å². The fourth-order valence-corrected chi connectivity index (χ4v) is 1.63. The van der Waals surface area contributed by atoms with Crippen molar-refractivity contribution in [2.45, 2.75) is 6.10 Å². The molecule has 0 spiro atoms. The number of alkyl halides is 1. The van der Waals surface area contributed by atoms with Crippen LogP contribution in [0, 0.1) is 0 Å². The van der Waals surface area contributed by atoms with Crippen molar-refractivity contribution in [3.8, 4) is 11.5 Å². The van der Waals surface area contributed by atoms with Gasteiger partial charge in [0.15, 0.2) is 11.5 Å². The van der Waals surface area contributed by atoms with Gasteiger partial charge in [-0.15, -0.1) is 11.6 Å². The molecule has 1 heterocycles. The van der Waals surface area contributed by atoms with E-state index in [0.717, 1.165) is 24.6 Å². The Labute approximate surface area is 94.3 Å². The van der Waals surface area contributed by atoms with Gasteiger partial charge in [-0.25, -0.2) is 0 Å². The molecule has 1 aromatic rings. The van der Waals surface area contributed by atoms with Crippen LogP contribution in [0.15, 0.2) is 24.3 Å². The minimum Gasteiger partial charge on any atom is -0.486 e. The zero-order valence-electron chi connectivity index (χ0n) is 8.41. The van der Waals surface area contributed by atoms with Crippen molar-refractivity contribution in [2.24, 2.45) is 0 Å². The van der Waals surface area contributed by atoms with Crippen LogP contribution in [0.1, 0.15) is 0 Å². The van der Waals surface area contributed by atoms with E-state index >= 15 is 0 Å². The third-order valence-electron chi connectivity index (χ3n) is 2.21. The number of hydrogen-bond donors (Lipinski definition) is 1. The zero-order chi connectivity index (χ0) is 10.5. The van der Waals surface area contributed by atoms with E-state index < -0.39 is 0 Å². The highest BCUT2D eigenvalue weighted by molar-refractivity contribution is 6.18. The third kappa shape index (κ3) is 2.76. The monoisotopic (exact) mass is 227 g/mol. The first-order valence-electron chi connectivity index (χ1n) is 5.05. The van der Waals surface area contributed by atoms with Crippen molar-refractivity contribution in [3.63, 3.8) is 0 Å². The third-order valence-corrected chi connectivity index (χ3v) is 2.40. The van der Waals surface area contributed by atoms with Gasteiger partial charge >= 0.3 is 0 Å². The molecule has 0 saturated heterocycles. The van der Waals surface area contributed by atoms with Crippen molar-refractivity contribution in [1.29, 1.82) is 0 Å². The second kappa shape index (κ2) is 5.24. The maximum atomic E-state index is 5.75. The highest BCUT2D eigenvalue weighted by atomic mass is 35.5. The maximum absolute atomic E-state index is 5.75. The first-order valence-corrected chi connectivity index (χ1v) is 5.59. The van der Waals surface area contributed by atoms with Gasteiger partial charge in [-0.1, -0.05) is 12.1 Å². The second-order valence-corrected chi connectivity index (χ2v) is 3.77. The number of benzene rings is 1. The minimum absolute atomic E-state index is 0.0723. The average Bonchev–Trinajstić information content (AvgIpc) is 2.29. The van der Waals surface area contributed by atoms with Gasteiger partial charge in [0.05, 0.1) is 0 Å². The molecule has 3 nitrogen and oxygen atoms in total. The molecule has 0 aliphatic carbocycles. The summed E-state index contributed by atoms with van der Waals surface area (Å²) < 4.78 is 11.3. The van der Waals surface area contributed by atoms with E-state index in [9.17, 15) is 0 Å².